The third-order valence-corrected chi connectivity index (χ3v) is 0. The predicted molar refractivity (Wildman–Crippen MR) is 16.8 cm³/mol. The van der Waals surface area contributed by atoms with Crippen molar-refractivity contribution in [1.29, 1.82) is 0 Å². The van der Waals surface area contributed by atoms with Crippen molar-refractivity contribution in [3.05, 3.63) is 0 Å². The topological polar surface area (TPSA) is 49.1 Å². The van der Waals surface area contributed by atoms with Crippen molar-refractivity contribution in [2.24, 2.45) is 5.73 Å². The molecule has 0 heterocycles. The molecule has 2 N–H and O–H groups in total. The molecule has 0 aliphatic carbocycles. The van der Waals surface area contributed by atoms with Gasteiger partial charge in [0.25, 0.3) is 0 Å². The maximum absolute atomic E-state index is 9.04. The van der Waals surface area contributed by atoms with E-state index in [9.17, 15) is 0 Å². The molecule has 0 amide bonds. The van der Waals surface area contributed by atoms with Gasteiger partial charge in [0.15, 0.2) is 0 Å². The van der Waals surface area contributed by atoms with E-state index in [0.29, 0.717) is 0 Å². The van der Waals surface area contributed by atoms with Crippen LogP contribution < -0.4 is 62.2 Å². The van der Waals surface area contributed by atoms with Crippen molar-refractivity contribution in [3.63, 3.8) is 0 Å². The largest absolute Gasteiger partial charge is 1.00 e. The Balaban J connectivity index is 0. The van der Waals surface area contributed by atoms with Crippen LogP contribution in [-0.2, 0) is 0 Å². The minimum atomic E-state index is -0.750. The van der Waals surface area contributed by atoms with E-state index in [1.807, 2.05) is 0 Å². The molecule has 0 aromatic heterocycles. The van der Waals surface area contributed by atoms with E-state index in [1.165, 1.54) is 0 Å². The van der Waals surface area contributed by atoms with Crippen LogP contribution in [0.4, 0.5) is 0 Å². The molecule has 0 aliphatic heterocycles. The minimum Gasteiger partial charge on any atom is -0.852 e. The Morgan fingerprint density at radius 1 is 1.80 bits per heavy atom. The molecule has 0 spiro atoms. The molecule has 5 heavy (non-hydrogen) atoms. The molecule has 0 rings (SSSR count). The predicted octanol–water partition coefficient (Wildman–Crippen LogP) is -4.41. The van der Waals surface area contributed by atoms with Gasteiger partial charge in [0.2, 0.25) is 0 Å². The third-order valence-electron chi connectivity index (χ3n) is 0. The van der Waals surface area contributed by atoms with Gasteiger partial charge in [-0.1, -0.05) is 12.2 Å². The van der Waals surface area contributed by atoms with Gasteiger partial charge in [0.05, 0.1) is 0 Å². The quantitative estimate of drug-likeness (QED) is 0.256. The molecule has 0 saturated carbocycles. The van der Waals surface area contributed by atoms with Crippen LogP contribution in [0.1, 0.15) is 0 Å². The molecular weight excluding hydrogens is 113 g/mol. The van der Waals surface area contributed by atoms with Crippen LogP contribution in [0, 0.1) is 0 Å². The summed E-state index contributed by atoms with van der Waals surface area (Å²) in [5.41, 5.74) is 4.29. The molecule has 0 aromatic carbocycles. The summed E-state index contributed by atoms with van der Waals surface area (Å²) < 4.78 is 0. The molecule has 0 aliphatic rings. The van der Waals surface area contributed by atoms with Gasteiger partial charge in [-0.05, 0) is 0 Å². The first-order valence-corrected chi connectivity index (χ1v) is 1.11. The van der Waals surface area contributed by atoms with E-state index in [4.69, 9.17) is 5.11 Å². The molecule has 0 radical (unpaired) electrons. The van der Waals surface area contributed by atoms with Gasteiger partial charge in [0, 0.05) is 5.17 Å². The SMILES string of the molecule is NC([O-])=S.[K+]. The zero-order valence-electron chi connectivity index (χ0n) is 2.89. The molecule has 0 bridgehead atoms. The van der Waals surface area contributed by atoms with Crippen LogP contribution in [0.5, 0.6) is 0 Å². The molecule has 2 nitrogen and oxygen atoms in total. The summed E-state index contributed by atoms with van der Waals surface area (Å²) in [6.07, 6.45) is 0. The second-order valence-corrected chi connectivity index (χ2v) is 0.721. The van der Waals surface area contributed by atoms with Crippen LogP contribution >= 0.6 is 12.2 Å². The van der Waals surface area contributed by atoms with E-state index in [0.717, 1.165) is 0 Å². The van der Waals surface area contributed by atoms with E-state index in [2.05, 4.69) is 18.0 Å². The number of nitrogens with two attached hydrogens (primary N) is 1. The van der Waals surface area contributed by atoms with Gasteiger partial charge in [0.1, 0.15) is 0 Å². The van der Waals surface area contributed by atoms with Gasteiger partial charge in [-0.15, -0.1) is 0 Å². The Hall–Kier alpha value is 1.33. The van der Waals surface area contributed by atoms with Gasteiger partial charge < -0.3 is 10.8 Å². The summed E-state index contributed by atoms with van der Waals surface area (Å²) in [4.78, 5) is 0. The third kappa shape index (κ3) is 33.5. The first-order valence-electron chi connectivity index (χ1n) is 0.697. The summed E-state index contributed by atoms with van der Waals surface area (Å²) in [6, 6.07) is 0. The van der Waals surface area contributed by atoms with Crippen molar-refractivity contribution < 1.29 is 56.5 Å². The van der Waals surface area contributed by atoms with Crippen molar-refractivity contribution in [3.8, 4) is 0 Å². The first kappa shape index (κ1) is 9.59. The standard InChI is InChI=1S/CH3NOS.K/c2-1(3)4;/h(H3,2,3,4);/q;+1/p-1. The molecule has 0 aromatic rings. The Kier molecular flexibility index (Phi) is 10.2. The van der Waals surface area contributed by atoms with Crippen LogP contribution in [-0.4, -0.2) is 5.17 Å². The van der Waals surface area contributed by atoms with Gasteiger partial charge in [-0.2, -0.15) is 0 Å². The smallest absolute Gasteiger partial charge is 0.852 e. The van der Waals surface area contributed by atoms with E-state index >= 15 is 0 Å². The van der Waals surface area contributed by atoms with Crippen molar-refractivity contribution in [2.45, 2.75) is 0 Å². The zero-order chi connectivity index (χ0) is 3.58. The fourth-order valence-corrected chi connectivity index (χ4v) is 0. The minimum absolute atomic E-state index is 0. The molecular formula is CH2KNOS. The Morgan fingerprint density at radius 3 is 1.80 bits per heavy atom. The number of hydrogen-bond donors (Lipinski definition) is 1. The molecule has 0 unspecified atom stereocenters. The van der Waals surface area contributed by atoms with Crippen LogP contribution in [0.3, 0.4) is 0 Å². The Labute approximate surface area is 78.2 Å². The Morgan fingerprint density at radius 2 is 1.80 bits per heavy atom. The maximum Gasteiger partial charge on any atom is 1.00 e. The van der Waals surface area contributed by atoms with Crippen molar-refractivity contribution in [1.82, 2.24) is 0 Å². The number of rotatable bonds is 0. The van der Waals surface area contributed by atoms with Gasteiger partial charge in [-0.25, -0.2) is 0 Å². The van der Waals surface area contributed by atoms with E-state index in [1.54, 1.807) is 0 Å². The second-order valence-electron chi connectivity index (χ2n) is 0.319. The van der Waals surface area contributed by atoms with Crippen LogP contribution in [0.15, 0.2) is 0 Å². The van der Waals surface area contributed by atoms with Gasteiger partial charge >= 0.3 is 51.4 Å². The molecule has 4 heteroatoms. The van der Waals surface area contributed by atoms with Crippen molar-refractivity contribution in [2.75, 3.05) is 0 Å². The fraction of sp³-hybridized carbons (Fsp3) is 0. The summed E-state index contributed by atoms with van der Waals surface area (Å²) in [5, 5.41) is 8.29. The fourth-order valence-electron chi connectivity index (χ4n) is 0. The average molecular weight is 115 g/mol. The van der Waals surface area contributed by atoms with Crippen LogP contribution in [0.2, 0.25) is 0 Å². The maximum atomic E-state index is 9.04. The molecule has 0 fully saturated rings. The van der Waals surface area contributed by atoms with Crippen molar-refractivity contribution >= 4 is 17.4 Å². The Bertz CT molecular complexity index is 34.6. The molecule has 0 atom stereocenters. The zero-order valence-corrected chi connectivity index (χ0v) is 6.83. The van der Waals surface area contributed by atoms with E-state index < -0.39 is 5.17 Å². The summed E-state index contributed by atoms with van der Waals surface area (Å²) in [7, 11) is 0. The van der Waals surface area contributed by atoms with Crippen LogP contribution in [0.25, 0.3) is 0 Å². The van der Waals surface area contributed by atoms with E-state index in [-0.39, 0.29) is 51.4 Å². The molecule has 24 valence electrons. The first-order chi connectivity index (χ1) is 1.73. The van der Waals surface area contributed by atoms with Gasteiger partial charge in [-0.3, -0.25) is 0 Å². The normalized spacial score (nSPS) is 4.80. The second kappa shape index (κ2) is 5.33. The summed E-state index contributed by atoms with van der Waals surface area (Å²) >= 11 is 3.76. The number of hydrogen-bond acceptors (Lipinski definition) is 2. The summed E-state index contributed by atoms with van der Waals surface area (Å²) in [6.45, 7) is 0. The number of thiocarbonyl (C=S) groups is 1. The summed E-state index contributed by atoms with van der Waals surface area (Å²) in [5.74, 6) is 0. The average Bonchev–Trinajstić information content (AvgIpc) is 0.811. The molecule has 0 saturated heterocycles. The monoisotopic (exact) mass is 115 g/mol.